The topological polar surface area (TPSA) is 101 Å². The Morgan fingerprint density at radius 1 is 1.20 bits per heavy atom. The molecule has 3 aromatic rings. The van der Waals surface area contributed by atoms with Crippen LogP contribution in [0.4, 0.5) is 14.0 Å². The van der Waals surface area contributed by atoms with E-state index in [2.05, 4.69) is 10.3 Å². The molecule has 2 N–H and O–H groups in total. The van der Waals surface area contributed by atoms with Gasteiger partial charge in [0.15, 0.2) is 5.78 Å². The van der Waals surface area contributed by atoms with Crippen molar-refractivity contribution in [2.75, 3.05) is 13.1 Å². The Balaban J connectivity index is 1.57. The van der Waals surface area contributed by atoms with E-state index in [0.29, 0.717) is 5.52 Å². The maximum absolute atomic E-state index is 13.8. The van der Waals surface area contributed by atoms with Crippen molar-refractivity contribution in [2.45, 2.75) is 44.9 Å². The molecule has 1 saturated heterocycles. The van der Waals surface area contributed by atoms with Crippen LogP contribution in [0.15, 0.2) is 54.7 Å². The fraction of sp³-hybridized carbons (Fsp3) is 0.346. The molecule has 0 aliphatic carbocycles. The summed E-state index contributed by atoms with van der Waals surface area (Å²) in [7, 11) is 0. The molecule has 0 radical (unpaired) electrons. The Kier molecular flexibility index (Phi) is 7.33. The molecule has 0 saturated carbocycles. The van der Waals surface area contributed by atoms with Crippen molar-refractivity contribution < 1.29 is 28.2 Å². The minimum atomic E-state index is -0.620. The predicted octanol–water partition coefficient (Wildman–Crippen LogP) is 4.51. The fourth-order valence-corrected chi connectivity index (χ4v) is 4.39. The Morgan fingerprint density at radius 2 is 1.97 bits per heavy atom. The van der Waals surface area contributed by atoms with Crippen LogP contribution < -0.4 is 5.32 Å². The van der Waals surface area contributed by atoms with Crippen molar-refractivity contribution in [1.29, 1.82) is 0 Å². The van der Waals surface area contributed by atoms with Crippen LogP contribution in [-0.4, -0.2) is 53.1 Å². The molecule has 2 aromatic carbocycles. The average molecular weight is 482 g/mol. The molecule has 4 rings (SSSR count). The van der Waals surface area contributed by atoms with Crippen LogP contribution >= 0.6 is 0 Å². The van der Waals surface area contributed by atoms with Gasteiger partial charge in [-0.05, 0) is 43.2 Å². The Hall–Kier alpha value is -3.88. The van der Waals surface area contributed by atoms with Gasteiger partial charge in [-0.3, -0.25) is 9.69 Å². The zero-order valence-corrected chi connectivity index (χ0v) is 19.6. The van der Waals surface area contributed by atoms with Gasteiger partial charge in [-0.25, -0.2) is 14.0 Å². The summed E-state index contributed by atoms with van der Waals surface area (Å²) >= 11 is 0. The SMILES string of the molecule is CC(C)OC(=O)N1CC(=O)C[C@H]1[C@@H](CNC(=O)OCc1ccccc1)c1c[nH]c2cc(F)ccc12. The lowest BCUT2D eigenvalue weighted by Crippen LogP contribution is -2.44. The predicted molar refractivity (Wildman–Crippen MR) is 127 cm³/mol. The highest BCUT2D eigenvalue weighted by atomic mass is 19.1. The highest BCUT2D eigenvalue weighted by Gasteiger charge is 2.41. The second-order valence-electron chi connectivity index (χ2n) is 8.85. The first-order valence-electron chi connectivity index (χ1n) is 11.5. The number of halogens is 1. The molecule has 9 heteroatoms. The number of rotatable bonds is 7. The second kappa shape index (κ2) is 10.6. The first-order chi connectivity index (χ1) is 16.8. The van der Waals surface area contributed by atoms with Crippen LogP contribution in [0, 0.1) is 5.82 Å². The maximum atomic E-state index is 13.8. The van der Waals surface area contributed by atoms with Gasteiger partial charge >= 0.3 is 12.2 Å². The fourth-order valence-electron chi connectivity index (χ4n) is 4.39. The third-order valence-corrected chi connectivity index (χ3v) is 5.97. The summed E-state index contributed by atoms with van der Waals surface area (Å²) in [5, 5.41) is 3.51. The minimum absolute atomic E-state index is 0.0673. The molecule has 0 bridgehead atoms. The molecule has 184 valence electrons. The van der Waals surface area contributed by atoms with Crippen molar-refractivity contribution in [2.24, 2.45) is 0 Å². The van der Waals surface area contributed by atoms with Gasteiger partial charge in [0, 0.05) is 36.0 Å². The van der Waals surface area contributed by atoms with E-state index in [-0.39, 0.29) is 43.8 Å². The lowest BCUT2D eigenvalue weighted by molar-refractivity contribution is -0.116. The molecule has 8 nitrogen and oxygen atoms in total. The van der Waals surface area contributed by atoms with E-state index in [1.165, 1.54) is 17.0 Å². The number of benzene rings is 2. The van der Waals surface area contributed by atoms with E-state index in [1.54, 1.807) is 26.1 Å². The number of Topliss-reactive ketones (excluding diaryl/α,β-unsaturated/α-hetero) is 1. The first-order valence-corrected chi connectivity index (χ1v) is 11.5. The average Bonchev–Trinajstić information content (AvgIpc) is 3.41. The molecule has 0 unspecified atom stereocenters. The van der Waals surface area contributed by atoms with Crippen LogP contribution in [0.5, 0.6) is 0 Å². The molecule has 1 aliphatic rings. The number of H-pyrrole nitrogens is 1. The molecule has 1 aromatic heterocycles. The number of fused-ring (bicyclic) bond motifs is 1. The highest BCUT2D eigenvalue weighted by Crippen LogP contribution is 2.34. The number of nitrogens with zero attached hydrogens (tertiary/aromatic N) is 1. The quantitative estimate of drug-likeness (QED) is 0.517. The van der Waals surface area contributed by atoms with E-state index < -0.39 is 24.1 Å². The molecular formula is C26H28FN3O5. The number of aromatic nitrogens is 1. The lowest BCUT2D eigenvalue weighted by atomic mass is 9.89. The van der Waals surface area contributed by atoms with E-state index >= 15 is 0 Å². The smallest absolute Gasteiger partial charge is 0.410 e. The molecule has 1 aliphatic heterocycles. The van der Waals surface area contributed by atoms with E-state index in [4.69, 9.17) is 9.47 Å². The summed E-state index contributed by atoms with van der Waals surface area (Å²) in [5.41, 5.74) is 2.18. The van der Waals surface area contributed by atoms with Gasteiger partial charge in [0.25, 0.3) is 0 Å². The third kappa shape index (κ3) is 5.79. The largest absolute Gasteiger partial charge is 0.447 e. The third-order valence-electron chi connectivity index (χ3n) is 5.97. The number of hydrogen-bond acceptors (Lipinski definition) is 5. The molecule has 2 amide bonds. The van der Waals surface area contributed by atoms with E-state index in [0.717, 1.165) is 16.5 Å². The first kappa shape index (κ1) is 24.3. The van der Waals surface area contributed by atoms with Crippen molar-refractivity contribution in [1.82, 2.24) is 15.2 Å². The number of ether oxygens (including phenoxy) is 2. The van der Waals surface area contributed by atoms with Crippen molar-refractivity contribution in [3.63, 3.8) is 0 Å². The summed E-state index contributed by atoms with van der Waals surface area (Å²) in [5.74, 6) is -0.953. The lowest BCUT2D eigenvalue weighted by Gasteiger charge is -2.31. The summed E-state index contributed by atoms with van der Waals surface area (Å²) < 4.78 is 24.5. The number of nitrogens with one attached hydrogen (secondary N) is 2. The van der Waals surface area contributed by atoms with Gasteiger partial charge in [0.2, 0.25) is 0 Å². The number of amides is 2. The van der Waals surface area contributed by atoms with Gasteiger partial charge in [0.1, 0.15) is 12.4 Å². The summed E-state index contributed by atoms with van der Waals surface area (Å²) in [6, 6.07) is 13.1. The number of aromatic amines is 1. The molecule has 2 atom stereocenters. The zero-order chi connectivity index (χ0) is 24.9. The molecule has 1 fully saturated rings. The Bertz CT molecular complexity index is 1210. The molecule has 35 heavy (non-hydrogen) atoms. The highest BCUT2D eigenvalue weighted by molar-refractivity contribution is 5.89. The van der Waals surface area contributed by atoms with Crippen LogP contribution in [0.1, 0.15) is 37.3 Å². The zero-order valence-electron chi connectivity index (χ0n) is 19.6. The number of carbonyl (C=O) groups excluding carboxylic acids is 3. The van der Waals surface area contributed by atoms with Crippen LogP contribution in [0.2, 0.25) is 0 Å². The van der Waals surface area contributed by atoms with Crippen LogP contribution in [-0.2, 0) is 20.9 Å². The number of carbonyl (C=O) groups is 3. The standard InChI is InChI=1S/C26H28FN3O5/c1-16(2)35-26(33)30-14-19(31)11-24(30)22(21-12-28-23-10-18(27)8-9-20(21)23)13-29-25(32)34-15-17-6-4-3-5-7-17/h3-10,12,16,22,24,28H,11,13-15H2,1-2H3,(H,29,32)/t22-,24-/m0/s1. The second-order valence-corrected chi connectivity index (χ2v) is 8.85. The Labute approximate surface area is 202 Å². The van der Waals surface area contributed by atoms with Crippen LogP contribution in [0.3, 0.4) is 0 Å². The monoisotopic (exact) mass is 481 g/mol. The van der Waals surface area contributed by atoms with Gasteiger partial charge < -0.3 is 19.8 Å². The van der Waals surface area contributed by atoms with E-state index in [1.807, 2.05) is 30.3 Å². The van der Waals surface area contributed by atoms with E-state index in [9.17, 15) is 18.8 Å². The summed E-state index contributed by atoms with van der Waals surface area (Å²) in [4.78, 5) is 42.1. The van der Waals surface area contributed by atoms with Crippen LogP contribution in [0.25, 0.3) is 10.9 Å². The Morgan fingerprint density at radius 3 is 2.71 bits per heavy atom. The molecule has 2 heterocycles. The number of alkyl carbamates (subject to hydrolysis) is 1. The number of ketones is 1. The van der Waals surface area contributed by atoms with Crippen molar-refractivity contribution in [3.05, 3.63) is 71.7 Å². The van der Waals surface area contributed by atoms with Crippen molar-refractivity contribution in [3.8, 4) is 0 Å². The minimum Gasteiger partial charge on any atom is -0.447 e. The normalized spacial score (nSPS) is 16.5. The maximum Gasteiger partial charge on any atom is 0.410 e. The van der Waals surface area contributed by atoms with Crippen molar-refractivity contribution >= 4 is 28.9 Å². The van der Waals surface area contributed by atoms with Gasteiger partial charge in [-0.1, -0.05) is 30.3 Å². The summed E-state index contributed by atoms with van der Waals surface area (Å²) in [6.45, 7) is 3.61. The molecular weight excluding hydrogens is 453 g/mol. The van der Waals surface area contributed by atoms with Gasteiger partial charge in [-0.2, -0.15) is 0 Å². The number of hydrogen-bond donors (Lipinski definition) is 2. The van der Waals surface area contributed by atoms with Gasteiger partial charge in [0.05, 0.1) is 18.7 Å². The summed E-state index contributed by atoms with van der Waals surface area (Å²) in [6.07, 6.45) is 0.288. The van der Waals surface area contributed by atoms with Gasteiger partial charge in [-0.15, -0.1) is 0 Å². The number of likely N-dealkylation sites (tertiary alicyclic amines) is 1. The molecule has 0 spiro atoms.